The quantitative estimate of drug-likeness (QED) is 0.790. The maximum absolute atomic E-state index is 10.7. The van der Waals surface area contributed by atoms with E-state index < -0.39 is 11.9 Å². The molecule has 0 spiro atoms. The molecule has 0 saturated carbocycles. The lowest BCUT2D eigenvalue weighted by atomic mass is 10.1. The Morgan fingerprint density at radius 1 is 1.40 bits per heavy atom. The zero-order valence-electron chi connectivity index (χ0n) is 8.14. The number of rotatable bonds is 3. The molecular weight excluding hydrogens is 192 g/mol. The summed E-state index contributed by atoms with van der Waals surface area (Å²) in [7, 11) is 0. The average molecular weight is 204 g/mol. The van der Waals surface area contributed by atoms with Crippen LogP contribution in [0.1, 0.15) is 18.2 Å². The van der Waals surface area contributed by atoms with E-state index in [1.807, 2.05) is 30.3 Å². The number of fused-ring (bicyclic) bond motifs is 1. The van der Waals surface area contributed by atoms with Crippen LogP contribution in [0.5, 0.6) is 0 Å². The molecule has 0 bridgehead atoms. The first-order valence-electron chi connectivity index (χ1n) is 4.69. The van der Waals surface area contributed by atoms with Crippen molar-refractivity contribution in [2.24, 2.45) is 11.5 Å². The van der Waals surface area contributed by atoms with Crippen LogP contribution in [0.25, 0.3) is 11.0 Å². The van der Waals surface area contributed by atoms with E-state index in [-0.39, 0.29) is 6.42 Å². The summed E-state index contributed by atoms with van der Waals surface area (Å²) in [5.41, 5.74) is 11.6. The summed E-state index contributed by atoms with van der Waals surface area (Å²) in [5.74, 6) is 0.165. The van der Waals surface area contributed by atoms with Gasteiger partial charge in [0, 0.05) is 11.8 Å². The summed E-state index contributed by atoms with van der Waals surface area (Å²) in [6.45, 7) is 0. The van der Waals surface area contributed by atoms with Crippen LogP contribution < -0.4 is 11.5 Å². The zero-order chi connectivity index (χ0) is 10.8. The molecule has 4 nitrogen and oxygen atoms in total. The van der Waals surface area contributed by atoms with Crippen LogP contribution in [0.3, 0.4) is 0 Å². The molecule has 4 N–H and O–H groups in total. The molecule has 0 aliphatic carbocycles. The number of hydrogen-bond acceptors (Lipinski definition) is 3. The minimum Gasteiger partial charge on any atom is -0.459 e. The maximum Gasteiger partial charge on any atom is 0.219 e. The van der Waals surface area contributed by atoms with Gasteiger partial charge in [-0.1, -0.05) is 18.2 Å². The van der Waals surface area contributed by atoms with E-state index in [0.29, 0.717) is 5.76 Å². The molecule has 0 saturated heterocycles. The molecule has 1 atom stereocenters. The Bertz CT molecular complexity index is 457. The molecule has 1 aromatic heterocycles. The van der Waals surface area contributed by atoms with Crippen molar-refractivity contribution < 1.29 is 9.21 Å². The zero-order valence-corrected chi connectivity index (χ0v) is 8.14. The van der Waals surface area contributed by atoms with Gasteiger partial charge in [0.25, 0.3) is 0 Å². The number of carbonyl (C=O) groups is 1. The topological polar surface area (TPSA) is 82.2 Å². The predicted molar refractivity (Wildman–Crippen MR) is 57.0 cm³/mol. The van der Waals surface area contributed by atoms with Crippen LogP contribution in [0.15, 0.2) is 34.7 Å². The second-order valence-corrected chi connectivity index (χ2v) is 3.46. The molecule has 1 amide bonds. The Labute approximate surface area is 86.8 Å². The fraction of sp³-hybridized carbons (Fsp3) is 0.182. The molecule has 0 radical (unpaired) electrons. The van der Waals surface area contributed by atoms with Crippen molar-refractivity contribution in [2.45, 2.75) is 12.5 Å². The molecule has 1 heterocycles. The van der Waals surface area contributed by atoms with Gasteiger partial charge < -0.3 is 15.9 Å². The monoisotopic (exact) mass is 204 g/mol. The van der Waals surface area contributed by atoms with Gasteiger partial charge in [-0.2, -0.15) is 0 Å². The molecule has 1 aromatic carbocycles. The highest BCUT2D eigenvalue weighted by Gasteiger charge is 2.13. The first kappa shape index (κ1) is 9.73. The van der Waals surface area contributed by atoms with Crippen LogP contribution in [-0.4, -0.2) is 5.91 Å². The van der Waals surface area contributed by atoms with Crippen molar-refractivity contribution in [3.63, 3.8) is 0 Å². The second-order valence-electron chi connectivity index (χ2n) is 3.46. The largest absolute Gasteiger partial charge is 0.459 e. The van der Waals surface area contributed by atoms with Crippen molar-refractivity contribution in [3.8, 4) is 0 Å². The maximum atomic E-state index is 10.7. The van der Waals surface area contributed by atoms with Crippen LogP contribution in [-0.2, 0) is 4.79 Å². The van der Waals surface area contributed by atoms with E-state index in [1.165, 1.54) is 0 Å². The highest BCUT2D eigenvalue weighted by molar-refractivity contribution is 5.78. The second kappa shape index (κ2) is 3.74. The van der Waals surface area contributed by atoms with Crippen LogP contribution >= 0.6 is 0 Å². The summed E-state index contributed by atoms with van der Waals surface area (Å²) >= 11 is 0. The fourth-order valence-corrected chi connectivity index (χ4v) is 1.50. The molecular formula is C11H12N2O2. The van der Waals surface area contributed by atoms with Crippen molar-refractivity contribution in [1.29, 1.82) is 0 Å². The number of amides is 1. The molecule has 4 heteroatoms. The van der Waals surface area contributed by atoms with Gasteiger partial charge in [0.15, 0.2) is 0 Å². The molecule has 2 rings (SSSR count). The summed E-state index contributed by atoms with van der Waals surface area (Å²) in [5, 5.41) is 0.979. The summed E-state index contributed by atoms with van der Waals surface area (Å²) in [4.78, 5) is 10.7. The van der Waals surface area contributed by atoms with Gasteiger partial charge in [0.2, 0.25) is 5.91 Å². The van der Waals surface area contributed by atoms with Gasteiger partial charge >= 0.3 is 0 Å². The average Bonchev–Trinajstić information content (AvgIpc) is 2.59. The Hall–Kier alpha value is -1.81. The molecule has 0 unspecified atom stereocenters. The van der Waals surface area contributed by atoms with E-state index >= 15 is 0 Å². The number of furan rings is 1. The predicted octanol–water partition coefficient (Wildman–Crippen LogP) is 1.31. The minimum absolute atomic E-state index is 0.0970. The van der Waals surface area contributed by atoms with Gasteiger partial charge in [0.05, 0.1) is 6.04 Å². The molecule has 0 fully saturated rings. The van der Waals surface area contributed by atoms with E-state index in [0.717, 1.165) is 11.0 Å². The summed E-state index contributed by atoms with van der Waals surface area (Å²) in [6.07, 6.45) is 0.0970. The van der Waals surface area contributed by atoms with E-state index in [1.54, 1.807) is 0 Å². The summed E-state index contributed by atoms with van der Waals surface area (Å²) < 4.78 is 5.50. The third-order valence-electron chi connectivity index (χ3n) is 2.23. The smallest absolute Gasteiger partial charge is 0.219 e. The van der Waals surface area contributed by atoms with E-state index in [2.05, 4.69) is 0 Å². The fourth-order valence-electron chi connectivity index (χ4n) is 1.50. The third kappa shape index (κ3) is 1.99. The van der Waals surface area contributed by atoms with Crippen LogP contribution in [0.2, 0.25) is 0 Å². The SMILES string of the molecule is NC(=O)C[C@H](N)c1cc2ccccc2o1. The van der Waals surface area contributed by atoms with Gasteiger partial charge in [-0.05, 0) is 12.1 Å². The molecule has 2 aromatic rings. The molecule has 78 valence electrons. The van der Waals surface area contributed by atoms with Crippen molar-refractivity contribution in [1.82, 2.24) is 0 Å². The Morgan fingerprint density at radius 3 is 2.80 bits per heavy atom. The number of para-hydroxylation sites is 1. The van der Waals surface area contributed by atoms with Crippen molar-refractivity contribution in [2.75, 3.05) is 0 Å². The Kier molecular flexibility index (Phi) is 2.43. The summed E-state index contributed by atoms with van der Waals surface area (Å²) in [6, 6.07) is 8.96. The lowest BCUT2D eigenvalue weighted by molar-refractivity contribution is -0.118. The van der Waals surface area contributed by atoms with Crippen molar-refractivity contribution in [3.05, 3.63) is 36.1 Å². The van der Waals surface area contributed by atoms with Gasteiger partial charge in [-0.25, -0.2) is 0 Å². The van der Waals surface area contributed by atoms with Crippen LogP contribution in [0.4, 0.5) is 0 Å². The van der Waals surface area contributed by atoms with E-state index in [4.69, 9.17) is 15.9 Å². The lowest BCUT2D eigenvalue weighted by Gasteiger charge is -2.04. The minimum atomic E-state index is -0.463. The normalized spacial score (nSPS) is 12.9. The molecule has 15 heavy (non-hydrogen) atoms. The number of benzene rings is 1. The number of hydrogen-bond donors (Lipinski definition) is 2. The Morgan fingerprint density at radius 2 is 2.13 bits per heavy atom. The number of carbonyl (C=O) groups excluding carboxylic acids is 1. The third-order valence-corrected chi connectivity index (χ3v) is 2.23. The van der Waals surface area contributed by atoms with Crippen LogP contribution in [0, 0.1) is 0 Å². The first-order valence-corrected chi connectivity index (χ1v) is 4.69. The first-order chi connectivity index (χ1) is 7.16. The standard InChI is InChI=1S/C11H12N2O2/c12-8(6-11(13)14)10-5-7-3-1-2-4-9(7)15-10/h1-5,8H,6,12H2,(H2,13,14)/t8-/m0/s1. The van der Waals surface area contributed by atoms with Gasteiger partial charge in [-0.3, -0.25) is 4.79 Å². The van der Waals surface area contributed by atoms with E-state index in [9.17, 15) is 4.79 Å². The Balaban J connectivity index is 2.32. The van der Waals surface area contributed by atoms with Gasteiger partial charge in [-0.15, -0.1) is 0 Å². The molecule has 0 aliphatic rings. The number of nitrogens with two attached hydrogens (primary N) is 2. The highest BCUT2D eigenvalue weighted by atomic mass is 16.3. The molecule has 0 aliphatic heterocycles. The van der Waals surface area contributed by atoms with Gasteiger partial charge in [0.1, 0.15) is 11.3 Å². The highest BCUT2D eigenvalue weighted by Crippen LogP contribution is 2.23. The lowest BCUT2D eigenvalue weighted by Crippen LogP contribution is -2.20. The van der Waals surface area contributed by atoms with Crippen molar-refractivity contribution >= 4 is 16.9 Å². The number of primary amides is 1.